The first-order valence-electron chi connectivity index (χ1n) is 6.87. The van der Waals surface area contributed by atoms with Gasteiger partial charge >= 0.3 is 0 Å². The van der Waals surface area contributed by atoms with Gasteiger partial charge in [0.15, 0.2) is 0 Å². The Balaban J connectivity index is 2.51. The van der Waals surface area contributed by atoms with Crippen molar-refractivity contribution < 1.29 is 5.11 Å². The zero-order valence-electron chi connectivity index (χ0n) is 12.2. The van der Waals surface area contributed by atoms with E-state index in [-0.39, 0.29) is 12.0 Å². The molecule has 0 aliphatic heterocycles. The Morgan fingerprint density at radius 2 is 2.06 bits per heavy atom. The van der Waals surface area contributed by atoms with Gasteiger partial charge in [-0.15, -0.1) is 0 Å². The van der Waals surface area contributed by atoms with Crippen LogP contribution in [0.4, 0.5) is 0 Å². The molecule has 0 saturated heterocycles. The van der Waals surface area contributed by atoms with Gasteiger partial charge < -0.3 is 10.4 Å². The van der Waals surface area contributed by atoms with Crippen molar-refractivity contribution in [2.45, 2.75) is 46.6 Å². The predicted molar refractivity (Wildman–Crippen MR) is 74.4 cm³/mol. The standard InChI is InChI=1S/C14H27N3O/c1-5-14(6-2,7-8-18)11-15-9-13-10-16-17(4)12(13)3/h10,15,18H,5-9,11H2,1-4H3. The molecule has 0 unspecified atom stereocenters. The van der Waals surface area contributed by atoms with E-state index < -0.39 is 0 Å². The predicted octanol–water partition coefficient (Wildman–Crippen LogP) is 2.01. The largest absolute Gasteiger partial charge is 0.396 e. The van der Waals surface area contributed by atoms with Gasteiger partial charge in [-0.05, 0) is 31.6 Å². The molecule has 0 aliphatic rings. The number of nitrogens with zero attached hydrogens (tertiary/aromatic N) is 2. The van der Waals surface area contributed by atoms with Crippen LogP contribution in [0.15, 0.2) is 6.20 Å². The zero-order valence-corrected chi connectivity index (χ0v) is 12.2. The lowest BCUT2D eigenvalue weighted by atomic mass is 9.79. The van der Waals surface area contributed by atoms with Crippen molar-refractivity contribution in [3.8, 4) is 0 Å². The monoisotopic (exact) mass is 253 g/mol. The minimum absolute atomic E-state index is 0.227. The highest BCUT2D eigenvalue weighted by Gasteiger charge is 2.24. The van der Waals surface area contributed by atoms with Crippen LogP contribution in [0.2, 0.25) is 0 Å². The average Bonchev–Trinajstić information content (AvgIpc) is 2.69. The Kier molecular flexibility index (Phi) is 5.82. The smallest absolute Gasteiger partial charge is 0.0537 e. The topological polar surface area (TPSA) is 50.1 Å². The third-order valence-electron chi connectivity index (χ3n) is 4.29. The van der Waals surface area contributed by atoms with Gasteiger partial charge in [-0.2, -0.15) is 5.10 Å². The summed E-state index contributed by atoms with van der Waals surface area (Å²) in [4.78, 5) is 0. The van der Waals surface area contributed by atoms with E-state index in [0.717, 1.165) is 32.4 Å². The first kappa shape index (κ1) is 15.2. The van der Waals surface area contributed by atoms with Crippen molar-refractivity contribution in [1.29, 1.82) is 0 Å². The maximum absolute atomic E-state index is 9.19. The van der Waals surface area contributed by atoms with Gasteiger partial charge in [0, 0.05) is 38.0 Å². The third-order valence-corrected chi connectivity index (χ3v) is 4.29. The van der Waals surface area contributed by atoms with Gasteiger partial charge in [-0.3, -0.25) is 4.68 Å². The number of aliphatic hydroxyl groups excluding tert-OH is 1. The lowest BCUT2D eigenvalue weighted by Gasteiger charge is -2.31. The summed E-state index contributed by atoms with van der Waals surface area (Å²) in [5, 5.41) is 17.0. The van der Waals surface area contributed by atoms with Crippen LogP contribution in [0, 0.1) is 12.3 Å². The van der Waals surface area contributed by atoms with Crippen LogP contribution in [0.1, 0.15) is 44.4 Å². The summed E-state index contributed by atoms with van der Waals surface area (Å²) in [6.45, 7) is 8.58. The van der Waals surface area contributed by atoms with Crippen LogP contribution in [0.3, 0.4) is 0 Å². The molecule has 1 aromatic rings. The van der Waals surface area contributed by atoms with Crippen LogP contribution in [0.5, 0.6) is 0 Å². The summed E-state index contributed by atoms with van der Waals surface area (Å²) in [5.74, 6) is 0. The summed E-state index contributed by atoms with van der Waals surface area (Å²) >= 11 is 0. The second-order valence-electron chi connectivity index (χ2n) is 5.16. The zero-order chi connectivity index (χ0) is 13.6. The molecule has 0 saturated carbocycles. The summed E-state index contributed by atoms with van der Waals surface area (Å²) in [6, 6.07) is 0. The normalized spacial score (nSPS) is 12.1. The SMILES string of the molecule is CCC(CC)(CCO)CNCc1cnn(C)c1C. The van der Waals surface area contributed by atoms with Crippen molar-refractivity contribution in [3.63, 3.8) is 0 Å². The molecular formula is C14H27N3O. The highest BCUT2D eigenvalue weighted by atomic mass is 16.3. The summed E-state index contributed by atoms with van der Waals surface area (Å²) in [5.41, 5.74) is 2.69. The Labute approximate surface area is 110 Å². The summed E-state index contributed by atoms with van der Waals surface area (Å²) < 4.78 is 1.90. The number of rotatable bonds is 8. The fraction of sp³-hybridized carbons (Fsp3) is 0.786. The van der Waals surface area contributed by atoms with Crippen LogP contribution in [0.25, 0.3) is 0 Å². The number of hydrogen-bond donors (Lipinski definition) is 2. The average molecular weight is 253 g/mol. The third kappa shape index (κ3) is 3.56. The van der Waals surface area contributed by atoms with Crippen molar-refractivity contribution in [2.24, 2.45) is 12.5 Å². The van der Waals surface area contributed by atoms with Crippen molar-refractivity contribution >= 4 is 0 Å². The minimum atomic E-state index is 0.227. The first-order chi connectivity index (χ1) is 8.58. The molecule has 4 nitrogen and oxygen atoms in total. The van der Waals surface area contributed by atoms with Crippen molar-refractivity contribution in [1.82, 2.24) is 15.1 Å². The van der Waals surface area contributed by atoms with E-state index in [4.69, 9.17) is 0 Å². The van der Waals surface area contributed by atoms with Crippen LogP contribution >= 0.6 is 0 Å². The van der Waals surface area contributed by atoms with E-state index >= 15 is 0 Å². The molecule has 4 heteroatoms. The molecule has 104 valence electrons. The lowest BCUT2D eigenvalue weighted by molar-refractivity contribution is 0.163. The minimum Gasteiger partial charge on any atom is -0.396 e. The molecule has 18 heavy (non-hydrogen) atoms. The van der Waals surface area contributed by atoms with E-state index in [0.29, 0.717) is 0 Å². The molecule has 0 aliphatic carbocycles. The molecule has 0 fully saturated rings. The Morgan fingerprint density at radius 1 is 1.39 bits per heavy atom. The first-order valence-corrected chi connectivity index (χ1v) is 6.87. The second kappa shape index (κ2) is 6.90. The van der Waals surface area contributed by atoms with Crippen molar-refractivity contribution in [3.05, 3.63) is 17.5 Å². The molecule has 1 heterocycles. The maximum Gasteiger partial charge on any atom is 0.0537 e. The Bertz CT molecular complexity index is 356. The van der Waals surface area contributed by atoms with Crippen LogP contribution in [-0.2, 0) is 13.6 Å². The molecule has 0 radical (unpaired) electrons. The fourth-order valence-electron chi connectivity index (χ4n) is 2.36. The van der Waals surface area contributed by atoms with Gasteiger partial charge in [0.1, 0.15) is 0 Å². The molecule has 0 bridgehead atoms. The second-order valence-corrected chi connectivity index (χ2v) is 5.16. The van der Waals surface area contributed by atoms with Gasteiger partial charge in [-0.25, -0.2) is 0 Å². The number of nitrogens with one attached hydrogen (secondary N) is 1. The molecule has 0 aromatic carbocycles. The lowest BCUT2D eigenvalue weighted by Crippen LogP contribution is -2.34. The van der Waals surface area contributed by atoms with Gasteiger partial charge in [0.2, 0.25) is 0 Å². The van der Waals surface area contributed by atoms with Crippen molar-refractivity contribution in [2.75, 3.05) is 13.2 Å². The molecule has 2 N–H and O–H groups in total. The van der Waals surface area contributed by atoms with E-state index in [9.17, 15) is 5.11 Å². The number of aliphatic hydroxyl groups is 1. The molecular weight excluding hydrogens is 226 g/mol. The van der Waals surface area contributed by atoms with Gasteiger partial charge in [-0.1, -0.05) is 13.8 Å². The van der Waals surface area contributed by atoms with E-state index in [2.05, 4.69) is 31.2 Å². The molecule has 0 amide bonds. The highest BCUT2D eigenvalue weighted by molar-refractivity contribution is 5.15. The number of hydrogen-bond acceptors (Lipinski definition) is 3. The maximum atomic E-state index is 9.19. The van der Waals surface area contributed by atoms with E-state index in [1.165, 1.54) is 11.3 Å². The van der Waals surface area contributed by atoms with E-state index in [1.807, 2.05) is 17.9 Å². The molecule has 1 aromatic heterocycles. The van der Waals surface area contributed by atoms with Crippen LogP contribution < -0.4 is 5.32 Å². The molecule has 1 rings (SSSR count). The molecule has 0 spiro atoms. The highest BCUT2D eigenvalue weighted by Crippen LogP contribution is 2.29. The fourth-order valence-corrected chi connectivity index (χ4v) is 2.36. The summed E-state index contributed by atoms with van der Waals surface area (Å²) in [6.07, 6.45) is 5.00. The van der Waals surface area contributed by atoms with Gasteiger partial charge in [0.05, 0.1) is 6.20 Å². The van der Waals surface area contributed by atoms with Gasteiger partial charge in [0.25, 0.3) is 0 Å². The quantitative estimate of drug-likeness (QED) is 0.745. The number of aromatic nitrogens is 2. The molecule has 0 atom stereocenters. The Hall–Kier alpha value is -0.870. The summed E-state index contributed by atoms with van der Waals surface area (Å²) in [7, 11) is 1.97. The van der Waals surface area contributed by atoms with E-state index in [1.54, 1.807) is 0 Å². The Morgan fingerprint density at radius 3 is 2.50 bits per heavy atom. The van der Waals surface area contributed by atoms with Crippen LogP contribution in [-0.4, -0.2) is 28.0 Å². The number of aryl methyl sites for hydroxylation is 1.